The SMILES string of the molecule is CNC1(C)CCN(c2nccc3c(Br)cccc23)CC1. The molecule has 0 atom stereocenters. The Morgan fingerprint density at radius 1 is 1.20 bits per heavy atom. The molecule has 1 fully saturated rings. The van der Waals surface area contributed by atoms with Crippen LogP contribution < -0.4 is 10.2 Å². The molecule has 0 spiro atoms. The van der Waals surface area contributed by atoms with Gasteiger partial charge in [-0.3, -0.25) is 0 Å². The Hall–Kier alpha value is -1.13. The highest BCUT2D eigenvalue weighted by molar-refractivity contribution is 9.10. The van der Waals surface area contributed by atoms with E-state index in [9.17, 15) is 0 Å². The van der Waals surface area contributed by atoms with E-state index < -0.39 is 0 Å². The summed E-state index contributed by atoms with van der Waals surface area (Å²) in [4.78, 5) is 7.04. The zero-order chi connectivity index (χ0) is 14.2. The Labute approximate surface area is 128 Å². The van der Waals surface area contributed by atoms with Gasteiger partial charge in [-0.25, -0.2) is 4.98 Å². The summed E-state index contributed by atoms with van der Waals surface area (Å²) < 4.78 is 1.13. The molecule has 1 aliphatic rings. The average molecular weight is 334 g/mol. The Morgan fingerprint density at radius 3 is 2.65 bits per heavy atom. The van der Waals surface area contributed by atoms with E-state index in [1.807, 2.05) is 6.20 Å². The van der Waals surface area contributed by atoms with Crippen molar-refractivity contribution < 1.29 is 0 Å². The lowest BCUT2D eigenvalue weighted by Gasteiger charge is -2.40. The number of halogens is 1. The molecule has 1 aromatic carbocycles. The highest BCUT2D eigenvalue weighted by Gasteiger charge is 2.29. The van der Waals surface area contributed by atoms with Crippen molar-refractivity contribution in [3.05, 3.63) is 34.9 Å². The first-order valence-electron chi connectivity index (χ1n) is 7.10. The van der Waals surface area contributed by atoms with Crippen molar-refractivity contribution in [3.8, 4) is 0 Å². The standard InChI is InChI=1S/C16H20BrN3/c1-16(18-2)7-10-20(11-8-16)15-13-4-3-5-14(17)12(13)6-9-19-15/h3-6,9,18H,7-8,10-11H2,1-2H3. The van der Waals surface area contributed by atoms with E-state index in [0.29, 0.717) is 0 Å². The van der Waals surface area contributed by atoms with Crippen LogP contribution in [0.5, 0.6) is 0 Å². The van der Waals surface area contributed by atoms with Gasteiger partial charge in [0, 0.05) is 40.1 Å². The molecule has 1 saturated heterocycles. The summed E-state index contributed by atoms with van der Waals surface area (Å²) >= 11 is 3.63. The van der Waals surface area contributed by atoms with Crippen LogP contribution >= 0.6 is 15.9 Å². The van der Waals surface area contributed by atoms with Gasteiger partial charge in [0.1, 0.15) is 5.82 Å². The van der Waals surface area contributed by atoms with Crippen molar-refractivity contribution in [1.29, 1.82) is 0 Å². The van der Waals surface area contributed by atoms with Gasteiger partial charge in [-0.1, -0.05) is 28.1 Å². The minimum atomic E-state index is 0.266. The van der Waals surface area contributed by atoms with Crippen LogP contribution in [0.25, 0.3) is 10.8 Å². The van der Waals surface area contributed by atoms with Gasteiger partial charge >= 0.3 is 0 Å². The molecule has 0 saturated carbocycles. The first-order chi connectivity index (χ1) is 9.63. The number of pyridine rings is 1. The van der Waals surface area contributed by atoms with Crippen molar-refractivity contribution in [2.45, 2.75) is 25.3 Å². The third-order valence-corrected chi connectivity index (χ3v) is 5.19. The van der Waals surface area contributed by atoms with Crippen molar-refractivity contribution >= 4 is 32.5 Å². The Kier molecular flexibility index (Phi) is 3.69. The fourth-order valence-corrected chi connectivity index (χ4v) is 3.37. The van der Waals surface area contributed by atoms with E-state index >= 15 is 0 Å². The molecule has 1 aliphatic heterocycles. The summed E-state index contributed by atoms with van der Waals surface area (Å²) in [6, 6.07) is 8.40. The van der Waals surface area contributed by atoms with Crippen LogP contribution in [-0.4, -0.2) is 30.7 Å². The Morgan fingerprint density at radius 2 is 1.95 bits per heavy atom. The summed E-state index contributed by atoms with van der Waals surface area (Å²) in [6.45, 7) is 4.41. The number of fused-ring (bicyclic) bond motifs is 1. The molecule has 4 heteroatoms. The van der Waals surface area contributed by atoms with Gasteiger partial charge < -0.3 is 10.2 Å². The molecule has 2 heterocycles. The number of hydrogen-bond donors (Lipinski definition) is 1. The topological polar surface area (TPSA) is 28.2 Å². The fraction of sp³-hybridized carbons (Fsp3) is 0.438. The van der Waals surface area contributed by atoms with Gasteiger partial charge in [0.05, 0.1) is 0 Å². The predicted octanol–water partition coefficient (Wildman–Crippen LogP) is 3.58. The van der Waals surface area contributed by atoms with Crippen molar-refractivity contribution in [2.24, 2.45) is 0 Å². The third kappa shape index (κ3) is 2.42. The third-order valence-electron chi connectivity index (χ3n) is 4.50. The van der Waals surface area contributed by atoms with Gasteiger partial charge in [0.2, 0.25) is 0 Å². The first kappa shape index (κ1) is 13.8. The minimum absolute atomic E-state index is 0.266. The Bertz CT molecular complexity index is 618. The molecule has 1 aromatic heterocycles. The molecule has 20 heavy (non-hydrogen) atoms. The molecule has 2 aromatic rings. The van der Waals surface area contributed by atoms with E-state index in [1.54, 1.807) is 0 Å². The number of aromatic nitrogens is 1. The molecular formula is C16H20BrN3. The lowest BCUT2D eigenvalue weighted by molar-refractivity contribution is 0.304. The second kappa shape index (κ2) is 5.34. The summed E-state index contributed by atoms with van der Waals surface area (Å²) in [5.41, 5.74) is 0.266. The number of nitrogens with zero attached hydrogens (tertiary/aromatic N) is 2. The van der Waals surface area contributed by atoms with Gasteiger partial charge in [-0.15, -0.1) is 0 Å². The van der Waals surface area contributed by atoms with E-state index in [-0.39, 0.29) is 5.54 Å². The molecule has 0 unspecified atom stereocenters. The second-order valence-electron chi connectivity index (χ2n) is 5.77. The number of anilines is 1. The zero-order valence-electron chi connectivity index (χ0n) is 12.0. The van der Waals surface area contributed by atoms with Crippen molar-refractivity contribution in [2.75, 3.05) is 25.0 Å². The molecule has 0 radical (unpaired) electrons. The number of nitrogens with one attached hydrogen (secondary N) is 1. The zero-order valence-corrected chi connectivity index (χ0v) is 13.6. The molecule has 0 amide bonds. The van der Waals surface area contributed by atoms with E-state index in [0.717, 1.165) is 36.2 Å². The maximum absolute atomic E-state index is 4.63. The van der Waals surface area contributed by atoms with Crippen LogP contribution in [0.1, 0.15) is 19.8 Å². The summed E-state index contributed by atoms with van der Waals surface area (Å²) in [7, 11) is 2.06. The highest BCUT2D eigenvalue weighted by atomic mass is 79.9. The molecule has 3 rings (SSSR count). The van der Waals surface area contributed by atoms with E-state index in [1.165, 1.54) is 10.8 Å². The van der Waals surface area contributed by atoms with Crippen LogP contribution in [0.3, 0.4) is 0 Å². The fourth-order valence-electron chi connectivity index (χ4n) is 2.87. The molecule has 106 valence electrons. The molecule has 1 N–H and O–H groups in total. The molecule has 0 bridgehead atoms. The maximum atomic E-state index is 4.63. The maximum Gasteiger partial charge on any atom is 0.136 e. The Balaban J connectivity index is 1.94. The number of rotatable bonds is 2. The minimum Gasteiger partial charge on any atom is -0.356 e. The lowest BCUT2D eigenvalue weighted by atomic mass is 9.90. The first-order valence-corrected chi connectivity index (χ1v) is 7.89. The lowest BCUT2D eigenvalue weighted by Crippen LogP contribution is -2.50. The molecule has 3 nitrogen and oxygen atoms in total. The van der Waals surface area contributed by atoms with Crippen LogP contribution in [0.15, 0.2) is 34.9 Å². The number of hydrogen-bond acceptors (Lipinski definition) is 3. The van der Waals surface area contributed by atoms with Crippen LogP contribution in [-0.2, 0) is 0 Å². The van der Waals surface area contributed by atoms with Crippen LogP contribution in [0.2, 0.25) is 0 Å². The largest absolute Gasteiger partial charge is 0.356 e. The van der Waals surface area contributed by atoms with Gasteiger partial charge in [-0.05, 0) is 38.9 Å². The quantitative estimate of drug-likeness (QED) is 0.910. The monoisotopic (exact) mass is 333 g/mol. The van der Waals surface area contributed by atoms with Gasteiger partial charge in [0.15, 0.2) is 0 Å². The van der Waals surface area contributed by atoms with Gasteiger partial charge in [0.25, 0.3) is 0 Å². The number of benzene rings is 1. The van der Waals surface area contributed by atoms with Gasteiger partial charge in [-0.2, -0.15) is 0 Å². The van der Waals surface area contributed by atoms with Crippen LogP contribution in [0.4, 0.5) is 5.82 Å². The summed E-state index contributed by atoms with van der Waals surface area (Å²) in [5.74, 6) is 1.11. The van der Waals surface area contributed by atoms with Crippen LogP contribution in [0, 0.1) is 0 Å². The second-order valence-corrected chi connectivity index (χ2v) is 6.62. The van der Waals surface area contributed by atoms with Crippen molar-refractivity contribution in [1.82, 2.24) is 10.3 Å². The highest BCUT2D eigenvalue weighted by Crippen LogP contribution is 2.32. The average Bonchev–Trinajstić information content (AvgIpc) is 2.48. The summed E-state index contributed by atoms with van der Waals surface area (Å²) in [5, 5.41) is 5.91. The smallest absolute Gasteiger partial charge is 0.136 e. The van der Waals surface area contributed by atoms with E-state index in [4.69, 9.17) is 0 Å². The predicted molar refractivity (Wildman–Crippen MR) is 88.4 cm³/mol. The number of piperidine rings is 1. The molecular weight excluding hydrogens is 314 g/mol. The molecule has 0 aliphatic carbocycles. The normalized spacial score (nSPS) is 18.4. The van der Waals surface area contributed by atoms with E-state index in [2.05, 4.69) is 69.4 Å². The summed E-state index contributed by atoms with van der Waals surface area (Å²) in [6.07, 6.45) is 4.21. The van der Waals surface area contributed by atoms with Crippen molar-refractivity contribution in [3.63, 3.8) is 0 Å².